The third-order valence-electron chi connectivity index (χ3n) is 5.12. The van der Waals surface area contributed by atoms with Gasteiger partial charge in [0.1, 0.15) is 5.75 Å². The first kappa shape index (κ1) is 22.0. The minimum atomic E-state index is -0.995. The monoisotopic (exact) mass is 458 g/mol. The van der Waals surface area contributed by atoms with Crippen LogP contribution in [-0.2, 0) is 16.1 Å². The van der Waals surface area contributed by atoms with Crippen LogP contribution in [0.15, 0.2) is 42.5 Å². The number of rotatable bonds is 8. The Labute approximate surface area is 189 Å². The number of hydrogen-bond donors (Lipinski definition) is 0. The third-order valence-corrected chi connectivity index (χ3v) is 5.93. The van der Waals surface area contributed by atoms with Gasteiger partial charge in [0.05, 0.1) is 26.4 Å². The van der Waals surface area contributed by atoms with E-state index >= 15 is 0 Å². The Morgan fingerprint density at radius 3 is 2.50 bits per heavy atom. The van der Waals surface area contributed by atoms with Gasteiger partial charge in [-0.1, -0.05) is 30.3 Å². The number of ether oxygens (including phenoxy) is 4. The van der Waals surface area contributed by atoms with E-state index in [0.717, 1.165) is 5.56 Å². The first-order valence-corrected chi connectivity index (χ1v) is 10.7. The molecular formula is C22H22N2O7S. The lowest BCUT2D eigenvalue weighted by molar-refractivity contribution is -0.130. The fourth-order valence-corrected chi connectivity index (χ4v) is 4.21. The topological polar surface area (TPSA) is 94.6 Å². The molecule has 0 radical (unpaired) electrons. The minimum absolute atomic E-state index is 0.0324. The number of carbonyl (C=O) groups is 3. The summed E-state index contributed by atoms with van der Waals surface area (Å²) >= 11 is 0.633. The van der Waals surface area contributed by atoms with Crippen LogP contribution in [0.4, 0.5) is 4.79 Å². The lowest BCUT2D eigenvalue weighted by Crippen LogP contribution is -2.43. The van der Waals surface area contributed by atoms with E-state index in [2.05, 4.69) is 0 Å². The van der Waals surface area contributed by atoms with Gasteiger partial charge in [0.15, 0.2) is 18.2 Å². The summed E-state index contributed by atoms with van der Waals surface area (Å²) in [6.07, 6.45) is -0.995. The first-order valence-electron chi connectivity index (χ1n) is 9.87. The molecule has 1 unspecified atom stereocenters. The molecule has 1 saturated heterocycles. The van der Waals surface area contributed by atoms with Crippen LogP contribution in [0.2, 0.25) is 0 Å². The molecule has 2 amide bonds. The van der Waals surface area contributed by atoms with Crippen molar-refractivity contribution in [2.45, 2.75) is 12.8 Å². The van der Waals surface area contributed by atoms with Gasteiger partial charge < -0.3 is 23.8 Å². The number of hydrogen-bond acceptors (Lipinski definition) is 8. The smallest absolute Gasteiger partial charge is 0.292 e. The lowest BCUT2D eigenvalue weighted by atomic mass is 10.1. The molecular weight excluding hydrogens is 436 g/mol. The summed E-state index contributed by atoms with van der Waals surface area (Å²) < 4.78 is 21.9. The molecule has 0 spiro atoms. The molecule has 0 aliphatic carbocycles. The van der Waals surface area contributed by atoms with E-state index < -0.39 is 6.23 Å². The van der Waals surface area contributed by atoms with Crippen LogP contribution in [0, 0.1) is 0 Å². The molecule has 2 aromatic rings. The van der Waals surface area contributed by atoms with Crippen LogP contribution in [-0.4, -0.2) is 66.4 Å². The second kappa shape index (κ2) is 9.49. The fraction of sp³-hybridized carbons (Fsp3) is 0.318. The van der Waals surface area contributed by atoms with Gasteiger partial charge in [-0.15, -0.1) is 0 Å². The van der Waals surface area contributed by atoms with E-state index in [-0.39, 0.29) is 42.7 Å². The molecule has 1 fully saturated rings. The summed E-state index contributed by atoms with van der Waals surface area (Å²) in [6.45, 7) is 0.552. The van der Waals surface area contributed by atoms with Gasteiger partial charge in [-0.25, -0.2) is 0 Å². The second-order valence-electron chi connectivity index (χ2n) is 7.07. The Morgan fingerprint density at radius 2 is 1.78 bits per heavy atom. The Morgan fingerprint density at radius 1 is 1.06 bits per heavy atom. The summed E-state index contributed by atoms with van der Waals surface area (Å²) in [7, 11) is 3.00. The molecule has 4 rings (SSSR count). The van der Waals surface area contributed by atoms with Crippen LogP contribution in [0.3, 0.4) is 0 Å². The Kier molecular flexibility index (Phi) is 6.52. The summed E-state index contributed by atoms with van der Waals surface area (Å²) in [5.41, 5.74) is 1.24. The number of amides is 2. The second-order valence-corrected chi connectivity index (χ2v) is 8.02. The quantitative estimate of drug-likeness (QED) is 0.596. The van der Waals surface area contributed by atoms with E-state index in [9.17, 15) is 14.4 Å². The predicted molar refractivity (Wildman–Crippen MR) is 116 cm³/mol. The zero-order valence-electron chi connectivity index (χ0n) is 17.6. The van der Waals surface area contributed by atoms with E-state index in [4.69, 9.17) is 18.9 Å². The van der Waals surface area contributed by atoms with Gasteiger partial charge in [0, 0.05) is 37.0 Å². The van der Waals surface area contributed by atoms with Crippen molar-refractivity contribution in [3.63, 3.8) is 0 Å². The van der Waals surface area contributed by atoms with Crippen molar-refractivity contribution < 1.29 is 33.3 Å². The molecule has 168 valence electrons. The third kappa shape index (κ3) is 4.37. The Balaban J connectivity index is 1.39. The van der Waals surface area contributed by atoms with E-state index in [0.29, 0.717) is 34.6 Å². The molecule has 9 nitrogen and oxygen atoms in total. The molecule has 10 heteroatoms. The highest BCUT2D eigenvalue weighted by molar-refractivity contribution is 8.26. The summed E-state index contributed by atoms with van der Waals surface area (Å²) in [4.78, 5) is 40.3. The minimum Gasteiger partial charge on any atom is -0.493 e. The lowest BCUT2D eigenvalue weighted by Gasteiger charge is -2.30. The van der Waals surface area contributed by atoms with Gasteiger partial charge in [-0.05, 0) is 5.56 Å². The number of nitrogens with zero attached hydrogens (tertiary/aromatic N) is 2. The fourth-order valence-electron chi connectivity index (χ4n) is 3.47. The molecule has 1 atom stereocenters. The number of methoxy groups -OCH3 is 2. The van der Waals surface area contributed by atoms with E-state index in [1.54, 1.807) is 12.1 Å². The highest BCUT2D eigenvalue weighted by atomic mass is 32.2. The van der Waals surface area contributed by atoms with Crippen molar-refractivity contribution in [2.24, 2.45) is 0 Å². The van der Waals surface area contributed by atoms with Crippen LogP contribution in [0.1, 0.15) is 15.9 Å². The van der Waals surface area contributed by atoms with Crippen molar-refractivity contribution in [2.75, 3.05) is 34.1 Å². The summed E-state index contributed by atoms with van der Waals surface area (Å²) in [5.74, 6) is 1.05. The largest absolute Gasteiger partial charge is 0.493 e. The van der Waals surface area contributed by atoms with Crippen molar-refractivity contribution >= 4 is 28.0 Å². The maximum atomic E-state index is 12.9. The van der Waals surface area contributed by atoms with E-state index in [1.807, 2.05) is 30.3 Å². The molecule has 2 aromatic carbocycles. The number of thioether (sulfide) groups is 1. The summed E-state index contributed by atoms with van der Waals surface area (Å²) in [5, 5.41) is -0.717. The summed E-state index contributed by atoms with van der Waals surface area (Å²) in [6, 6.07) is 12.5. The molecule has 2 aliphatic heterocycles. The molecule has 2 heterocycles. The molecule has 32 heavy (non-hydrogen) atoms. The number of benzene rings is 2. The Bertz CT molecular complexity index is 1030. The van der Waals surface area contributed by atoms with Gasteiger partial charge >= 0.3 is 0 Å². The Hall–Kier alpha value is -3.24. The average molecular weight is 458 g/mol. The maximum absolute atomic E-state index is 12.9. The van der Waals surface area contributed by atoms with E-state index in [1.165, 1.54) is 24.0 Å². The van der Waals surface area contributed by atoms with Gasteiger partial charge in [0.2, 0.25) is 11.3 Å². The first-order chi connectivity index (χ1) is 15.5. The molecule has 0 N–H and O–H groups in total. The van der Waals surface area contributed by atoms with Gasteiger partial charge in [0.25, 0.3) is 11.1 Å². The highest BCUT2D eigenvalue weighted by Gasteiger charge is 2.40. The van der Waals surface area contributed by atoms with Crippen molar-refractivity contribution in [3.05, 3.63) is 53.6 Å². The molecule has 2 aliphatic rings. The molecule has 0 bridgehead atoms. The van der Waals surface area contributed by atoms with Gasteiger partial charge in [-0.2, -0.15) is 0 Å². The predicted octanol–water partition coefficient (Wildman–Crippen LogP) is 2.73. The average Bonchev–Trinajstić information content (AvgIpc) is 3.07. The van der Waals surface area contributed by atoms with Crippen LogP contribution in [0.5, 0.6) is 17.2 Å². The zero-order valence-corrected chi connectivity index (χ0v) is 18.4. The maximum Gasteiger partial charge on any atom is 0.292 e. The standard InChI is InChI=1S/C22H22N2O7S/c1-28-17-10-15-16(11-18(17)29-2)31-13-23(19(15)25)8-9-30-20-21(26)32-22(27)24(20)12-14-6-4-3-5-7-14/h3-7,10-11,20H,8-9,12-13H2,1-2H3. The van der Waals surface area contributed by atoms with Crippen LogP contribution in [0.25, 0.3) is 0 Å². The number of fused-ring (bicyclic) bond motifs is 1. The highest BCUT2D eigenvalue weighted by Crippen LogP contribution is 2.37. The van der Waals surface area contributed by atoms with Crippen molar-refractivity contribution in [1.82, 2.24) is 9.80 Å². The molecule has 0 aromatic heterocycles. The zero-order chi connectivity index (χ0) is 22.7. The molecule has 0 saturated carbocycles. The van der Waals surface area contributed by atoms with Crippen molar-refractivity contribution in [1.29, 1.82) is 0 Å². The normalized spacial score (nSPS) is 17.9. The van der Waals surface area contributed by atoms with Crippen LogP contribution < -0.4 is 14.2 Å². The SMILES string of the molecule is COc1cc2c(cc1OC)C(=O)N(CCOC1C(=O)SC(=O)N1Cc1ccccc1)CO2. The van der Waals surface area contributed by atoms with Gasteiger partial charge in [-0.3, -0.25) is 19.3 Å². The number of carbonyl (C=O) groups excluding carboxylic acids is 3. The van der Waals surface area contributed by atoms with Crippen molar-refractivity contribution in [3.8, 4) is 17.2 Å². The van der Waals surface area contributed by atoms with Crippen LogP contribution >= 0.6 is 11.8 Å².